The molecule has 0 bridgehead atoms. The molecule has 5 nitrogen and oxygen atoms in total. The Kier molecular flexibility index (Phi) is 4.55. The van der Waals surface area contributed by atoms with Crippen LogP contribution in [0.5, 0.6) is 0 Å². The molecule has 1 heterocycles. The number of hydrogen-bond acceptors (Lipinski definition) is 4. The maximum atomic E-state index is 12.2. The van der Waals surface area contributed by atoms with Gasteiger partial charge in [-0.25, -0.2) is 8.42 Å². The Morgan fingerprint density at radius 1 is 1.15 bits per heavy atom. The van der Waals surface area contributed by atoms with E-state index < -0.39 is 10.0 Å². The normalized spacial score (nSPS) is 15.6. The smallest absolute Gasteiger partial charge is 0.235 e. The summed E-state index contributed by atoms with van der Waals surface area (Å²) in [5.74, 6) is 0.138. The first-order valence-electron chi connectivity index (χ1n) is 6.95. The Balaban J connectivity index is 2.30. The summed E-state index contributed by atoms with van der Waals surface area (Å²) in [6.07, 6.45) is 0. The van der Waals surface area contributed by atoms with Crippen molar-refractivity contribution in [2.24, 2.45) is 0 Å². The highest BCUT2D eigenvalue weighted by Gasteiger charge is 2.29. The largest absolute Gasteiger partial charge is 0.367 e. The van der Waals surface area contributed by atoms with Gasteiger partial charge in [-0.1, -0.05) is 12.1 Å². The number of hydrogen-bond donors (Lipinski definition) is 0. The standard InChI is InChI=1S/C14H23N3O2S/c1-4-20(18,19)17-12-11-16(10-9-15(2)3)13-7-5-6-8-14(13)17/h5-8H,4,9-12H2,1-3H3. The summed E-state index contributed by atoms with van der Waals surface area (Å²) in [6, 6.07) is 7.75. The number of fused-ring (bicyclic) bond motifs is 1. The molecule has 0 fully saturated rings. The van der Waals surface area contributed by atoms with E-state index in [2.05, 4.69) is 9.80 Å². The summed E-state index contributed by atoms with van der Waals surface area (Å²) in [5, 5.41) is 0. The van der Waals surface area contributed by atoms with Crippen molar-refractivity contribution in [1.29, 1.82) is 0 Å². The summed E-state index contributed by atoms with van der Waals surface area (Å²) in [6.45, 7) is 4.82. The lowest BCUT2D eigenvalue weighted by molar-refractivity contribution is 0.413. The van der Waals surface area contributed by atoms with Crippen LogP contribution in [0.15, 0.2) is 24.3 Å². The third kappa shape index (κ3) is 3.07. The SMILES string of the molecule is CCS(=O)(=O)N1CCN(CCN(C)C)c2ccccc21. The fourth-order valence-corrected chi connectivity index (χ4v) is 3.52. The first-order valence-corrected chi connectivity index (χ1v) is 8.55. The van der Waals surface area contributed by atoms with Gasteiger partial charge in [0.1, 0.15) is 0 Å². The minimum Gasteiger partial charge on any atom is -0.367 e. The van der Waals surface area contributed by atoms with Crippen LogP contribution >= 0.6 is 0 Å². The Morgan fingerprint density at radius 3 is 2.40 bits per heavy atom. The topological polar surface area (TPSA) is 43.9 Å². The van der Waals surface area contributed by atoms with Gasteiger partial charge in [-0.3, -0.25) is 4.31 Å². The van der Waals surface area contributed by atoms with Gasteiger partial charge in [0, 0.05) is 19.6 Å². The van der Waals surface area contributed by atoms with Gasteiger partial charge in [0.05, 0.1) is 23.7 Å². The van der Waals surface area contributed by atoms with Gasteiger partial charge >= 0.3 is 0 Å². The Bertz CT molecular complexity index is 557. The second-order valence-electron chi connectivity index (χ2n) is 5.25. The summed E-state index contributed by atoms with van der Waals surface area (Å²) in [4.78, 5) is 4.40. The lowest BCUT2D eigenvalue weighted by Crippen LogP contribution is -2.46. The van der Waals surface area contributed by atoms with Crippen molar-refractivity contribution in [3.05, 3.63) is 24.3 Å². The van der Waals surface area contributed by atoms with E-state index in [0.29, 0.717) is 6.54 Å². The highest BCUT2D eigenvalue weighted by atomic mass is 32.2. The number of rotatable bonds is 5. The molecule has 20 heavy (non-hydrogen) atoms. The van der Waals surface area contributed by atoms with Crippen molar-refractivity contribution < 1.29 is 8.42 Å². The molecule has 1 aliphatic rings. The van der Waals surface area contributed by atoms with Crippen LogP contribution < -0.4 is 9.21 Å². The van der Waals surface area contributed by atoms with Crippen molar-refractivity contribution in [2.45, 2.75) is 6.92 Å². The van der Waals surface area contributed by atoms with Crippen LogP contribution in [0.25, 0.3) is 0 Å². The molecule has 0 spiro atoms. The summed E-state index contributed by atoms with van der Waals surface area (Å²) in [7, 11) is 0.898. The van der Waals surface area contributed by atoms with Crippen LogP contribution in [0, 0.1) is 0 Å². The van der Waals surface area contributed by atoms with Gasteiger partial charge in [0.25, 0.3) is 0 Å². The average Bonchev–Trinajstić information content (AvgIpc) is 2.44. The first kappa shape index (κ1) is 15.1. The monoisotopic (exact) mass is 297 g/mol. The second kappa shape index (κ2) is 6.01. The predicted molar refractivity (Wildman–Crippen MR) is 84.0 cm³/mol. The number of sulfonamides is 1. The van der Waals surface area contributed by atoms with E-state index >= 15 is 0 Å². The lowest BCUT2D eigenvalue weighted by Gasteiger charge is -2.38. The van der Waals surface area contributed by atoms with E-state index in [-0.39, 0.29) is 5.75 Å². The zero-order chi connectivity index (χ0) is 14.8. The molecule has 0 radical (unpaired) electrons. The maximum Gasteiger partial charge on any atom is 0.235 e. The third-order valence-corrected chi connectivity index (χ3v) is 5.36. The maximum absolute atomic E-state index is 12.2. The third-order valence-electron chi connectivity index (χ3n) is 3.58. The molecule has 0 saturated heterocycles. The molecular weight excluding hydrogens is 274 g/mol. The van der Waals surface area contributed by atoms with E-state index in [4.69, 9.17) is 0 Å². The van der Waals surface area contributed by atoms with E-state index in [1.165, 1.54) is 0 Å². The molecule has 0 saturated carbocycles. The van der Waals surface area contributed by atoms with Crippen LogP contribution in [0.3, 0.4) is 0 Å². The number of likely N-dealkylation sites (N-methyl/N-ethyl adjacent to an activating group) is 1. The van der Waals surface area contributed by atoms with Crippen LogP contribution in [-0.2, 0) is 10.0 Å². The van der Waals surface area contributed by atoms with Gasteiger partial charge in [-0.05, 0) is 33.2 Å². The van der Waals surface area contributed by atoms with E-state index in [9.17, 15) is 8.42 Å². The molecule has 0 unspecified atom stereocenters. The van der Waals surface area contributed by atoms with Crippen molar-refractivity contribution >= 4 is 21.4 Å². The minimum absolute atomic E-state index is 0.138. The Hall–Kier alpha value is -1.27. The molecule has 6 heteroatoms. The quantitative estimate of drug-likeness (QED) is 0.820. The van der Waals surface area contributed by atoms with Crippen LogP contribution in [-0.4, -0.2) is 59.3 Å². The molecule has 1 aromatic rings. The van der Waals surface area contributed by atoms with Crippen molar-refractivity contribution in [3.8, 4) is 0 Å². The van der Waals surface area contributed by atoms with E-state index in [1.807, 2.05) is 38.4 Å². The first-order chi connectivity index (χ1) is 9.45. The molecule has 1 aliphatic heterocycles. The zero-order valence-electron chi connectivity index (χ0n) is 12.4. The second-order valence-corrected chi connectivity index (χ2v) is 7.43. The molecular formula is C14H23N3O2S. The Morgan fingerprint density at radius 2 is 1.80 bits per heavy atom. The highest BCUT2D eigenvalue weighted by molar-refractivity contribution is 7.92. The number of para-hydroxylation sites is 2. The highest BCUT2D eigenvalue weighted by Crippen LogP contribution is 2.34. The van der Waals surface area contributed by atoms with Gasteiger partial charge in [-0.2, -0.15) is 0 Å². The predicted octanol–water partition coefficient (Wildman–Crippen LogP) is 1.22. The molecule has 0 amide bonds. The summed E-state index contributed by atoms with van der Waals surface area (Å²) >= 11 is 0. The molecule has 2 rings (SSSR count). The lowest BCUT2D eigenvalue weighted by atomic mass is 10.2. The van der Waals surface area contributed by atoms with E-state index in [1.54, 1.807) is 11.2 Å². The molecule has 0 N–H and O–H groups in total. The van der Waals surface area contributed by atoms with Crippen LogP contribution in [0.2, 0.25) is 0 Å². The average molecular weight is 297 g/mol. The molecule has 1 aromatic carbocycles. The van der Waals surface area contributed by atoms with Gasteiger partial charge in [0.2, 0.25) is 10.0 Å². The minimum atomic E-state index is -3.19. The number of anilines is 2. The zero-order valence-corrected chi connectivity index (χ0v) is 13.2. The fraction of sp³-hybridized carbons (Fsp3) is 0.571. The van der Waals surface area contributed by atoms with Crippen molar-refractivity contribution in [3.63, 3.8) is 0 Å². The summed E-state index contributed by atoms with van der Waals surface area (Å²) < 4.78 is 25.9. The number of nitrogens with zero attached hydrogens (tertiary/aromatic N) is 3. The Labute approximate surface area is 121 Å². The number of benzene rings is 1. The molecule has 112 valence electrons. The van der Waals surface area contributed by atoms with Gasteiger partial charge < -0.3 is 9.80 Å². The molecule has 0 aliphatic carbocycles. The van der Waals surface area contributed by atoms with E-state index in [0.717, 1.165) is 31.0 Å². The fourth-order valence-electron chi connectivity index (χ4n) is 2.39. The molecule has 0 aromatic heterocycles. The van der Waals surface area contributed by atoms with Gasteiger partial charge in [-0.15, -0.1) is 0 Å². The van der Waals surface area contributed by atoms with Crippen LogP contribution in [0.1, 0.15) is 6.92 Å². The van der Waals surface area contributed by atoms with Crippen molar-refractivity contribution in [1.82, 2.24) is 4.90 Å². The van der Waals surface area contributed by atoms with Crippen LogP contribution in [0.4, 0.5) is 11.4 Å². The van der Waals surface area contributed by atoms with Gasteiger partial charge in [0.15, 0.2) is 0 Å². The molecule has 0 atom stereocenters. The summed E-state index contributed by atoms with van der Waals surface area (Å²) in [5.41, 5.74) is 1.82. The van der Waals surface area contributed by atoms with Crippen molar-refractivity contribution in [2.75, 3.05) is 55.2 Å².